The molecule has 0 aliphatic heterocycles. The first-order valence-electron chi connectivity index (χ1n) is 7.05. The number of para-hydroxylation sites is 1. The molecule has 1 aromatic rings. The monoisotopic (exact) mass is 305 g/mol. The maximum Gasteiger partial charge on any atom is 0.573 e. The number of alkyl halides is 3. The molecule has 0 saturated heterocycles. The number of hydrogen-bond acceptors (Lipinski definition) is 3. The highest BCUT2D eigenvalue weighted by molar-refractivity contribution is 5.36. The van der Waals surface area contributed by atoms with E-state index in [9.17, 15) is 13.2 Å². The van der Waals surface area contributed by atoms with Crippen LogP contribution >= 0.6 is 0 Å². The Bertz CT molecular complexity index is 410. The van der Waals surface area contributed by atoms with Crippen LogP contribution in [0.3, 0.4) is 0 Å². The summed E-state index contributed by atoms with van der Waals surface area (Å²) in [6.07, 6.45) is -2.33. The standard InChI is InChI=1S/C15H22F3NO2/c1-3-10-19-13(8-6-11-20-2)12-7-4-5-9-14(12)21-15(16,17)18/h4-5,7,9,13,19H,3,6,8,10-11H2,1-2H3. The Kier molecular flexibility index (Phi) is 7.53. The fraction of sp³-hybridized carbons (Fsp3) is 0.600. The van der Waals surface area contributed by atoms with Gasteiger partial charge in [-0.25, -0.2) is 0 Å². The number of nitrogens with one attached hydrogen (secondary N) is 1. The van der Waals surface area contributed by atoms with E-state index in [0.717, 1.165) is 19.4 Å². The van der Waals surface area contributed by atoms with Crippen LogP contribution in [0.25, 0.3) is 0 Å². The molecule has 0 fully saturated rings. The second kappa shape index (κ2) is 8.89. The molecular formula is C15H22F3NO2. The average molecular weight is 305 g/mol. The maximum absolute atomic E-state index is 12.5. The zero-order valence-electron chi connectivity index (χ0n) is 12.4. The molecule has 6 heteroatoms. The average Bonchev–Trinajstić information content (AvgIpc) is 2.42. The Hall–Kier alpha value is -1.27. The van der Waals surface area contributed by atoms with Crippen molar-refractivity contribution >= 4 is 0 Å². The number of halogens is 3. The van der Waals surface area contributed by atoms with Gasteiger partial charge in [0.1, 0.15) is 5.75 Å². The first-order valence-corrected chi connectivity index (χ1v) is 7.05. The minimum Gasteiger partial charge on any atom is -0.405 e. The number of methoxy groups -OCH3 is 1. The number of hydrogen-bond donors (Lipinski definition) is 1. The molecule has 0 aliphatic rings. The normalized spacial score (nSPS) is 13.2. The Balaban J connectivity index is 2.88. The summed E-state index contributed by atoms with van der Waals surface area (Å²) in [5, 5.41) is 3.27. The zero-order chi connectivity index (χ0) is 15.7. The van der Waals surface area contributed by atoms with Crippen molar-refractivity contribution in [2.45, 2.75) is 38.6 Å². The van der Waals surface area contributed by atoms with Gasteiger partial charge in [0.2, 0.25) is 0 Å². The van der Waals surface area contributed by atoms with Crippen molar-refractivity contribution < 1.29 is 22.6 Å². The van der Waals surface area contributed by atoms with Crippen LogP contribution in [0.1, 0.15) is 37.8 Å². The van der Waals surface area contributed by atoms with Gasteiger partial charge in [-0.2, -0.15) is 0 Å². The summed E-state index contributed by atoms with van der Waals surface area (Å²) in [7, 11) is 1.61. The molecule has 0 saturated carbocycles. The first kappa shape index (κ1) is 17.8. The van der Waals surface area contributed by atoms with E-state index in [2.05, 4.69) is 10.1 Å². The molecule has 0 heterocycles. The molecule has 0 aliphatic carbocycles. The van der Waals surface area contributed by atoms with Crippen LogP contribution < -0.4 is 10.1 Å². The minimum absolute atomic E-state index is 0.143. The van der Waals surface area contributed by atoms with E-state index >= 15 is 0 Å². The molecule has 0 aromatic heterocycles. The highest BCUT2D eigenvalue weighted by Gasteiger charge is 2.32. The van der Waals surface area contributed by atoms with Crippen molar-refractivity contribution in [3.8, 4) is 5.75 Å². The molecule has 1 N–H and O–H groups in total. The maximum atomic E-state index is 12.5. The third-order valence-electron chi connectivity index (χ3n) is 3.00. The molecule has 21 heavy (non-hydrogen) atoms. The largest absolute Gasteiger partial charge is 0.573 e. The fourth-order valence-electron chi connectivity index (χ4n) is 2.10. The van der Waals surface area contributed by atoms with Crippen LogP contribution in [0.2, 0.25) is 0 Å². The fourth-order valence-corrected chi connectivity index (χ4v) is 2.10. The van der Waals surface area contributed by atoms with E-state index in [1.807, 2.05) is 6.92 Å². The Morgan fingerprint density at radius 1 is 1.24 bits per heavy atom. The molecule has 120 valence electrons. The summed E-state index contributed by atoms with van der Waals surface area (Å²) in [6.45, 7) is 3.32. The van der Waals surface area contributed by atoms with Gasteiger partial charge in [-0.1, -0.05) is 25.1 Å². The van der Waals surface area contributed by atoms with Gasteiger partial charge >= 0.3 is 6.36 Å². The second-order valence-electron chi connectivity index (χ2n) is 4.73. The van der Waals surface area contributed by atoms with Gasteiger partial charge in [-0.05, 0) is 31.9 Å². The van der Waals surface area contributed by atoms with Gasteiger partial charge in [0, 0.05) is 25.3 Å². The smallest absolute Gasteiger partial charge is 0.405 e. The van der Waals surface area contributed by atoms with Gasteiger partial charge in [0.25, 0.3) is 0 Å². The summed E-state index contributed by atoms with van der Waals surface area (Å²) in [5.41, 5.74) is 0.527. The predicted octanol–water partition coefficient (Wildman–Crippen LogP) is 4.05. The van der Waals surface area contributed by atoms with Gasteiger partial charge in [0.15, 0.2) is 0 Å². The second-order valence-corrected chi connectivity index (χ2v) is 4.73. The Labute approximate surface area is 123 Å². The third kappa shape index (κ3) is 6.82. The van der Waals surface area contributed by atoms with Crippen LogP contribution in [0.15, 0.2) is 24.3 Å². The van der Waals surface area contributed by atoms with E-state index in [1.54, 1.807) is 19.2 Å². The van der Waals surface area contributed by atoms with Crippen molar-refractivity contribution in [3.63, 3.8) is 0 Å². The van der Waals surface area contributed by atoms with Gasteiger partial charge in [0.05, 0.1) is 0 Å². The summed E-state index contributed by atoms with van der Waals surface area (Å²) >= 11 is 0. The lowest BCUT2D eigenvalue weighted by atomic mass is 10.0. The van der Waals surface area contributed by atoms with E-state index in [-0.39, 0.29) is 11.8 Å². The van der Waals surface area contributed by atoms with Crippen molar-refractivity contribution in [2.24, 2.45) is 0 Å². The highest BCUT2D eigenvalue weighted by Crippen LogP contribution is 2.32. The highest BCUT2D eigenvalue weighted by atomic mass is 19.4. The Morgan fingerprint density at radius 3 is 2.57 bits per heavy atom. The molecule has 1 unspecified atom stereocenters. The van der Waals surface area contributed by atoms with Crippen molar-refractivity contribution in [2.75, 3.05) is 20.3 Å². The van der Waals surface area contributed by atoms with E-state index < -0.39 is 6.36 Å². The SMILES string of the molecule is CCCNC(CCCOC)c1ccccc1OC(F)(F)F. The number of ether oxygens (including phenoxy) is 2. The molecule has 0 bridgehead atoms. The summed E-state index contributed by atoms with van der Waals surface area (Å²) in [6, 6.07) is 6.09. The lowest BCUT2D eigenvalue weighted by molar-refractivity contribution is -0.275. The van der Waals surface area contributed by atoms with Gasteiger partial charge < -0.3 is 14.8 Å². The quantitative estimate of drug-likeness (QED) is 0.698. The molecule has 1 rings (SSSR count). The molecule has 0 radical (unpaired) electrons. The summed E-state index contributed by atoms with van der Waals surface area (Å²) in [4.78, 5) is 0. The van der Waals surface area contributed by atoms with Crippen molar-refractivity contribution in [3.05, 3.63) is 29.8 Å². The third-order valence-corrected chi connectivity index (χ3v) is 3.00. The van der Waals surface area contributed by atoms with E-state index in [0.29, 0.717) is 18.6 Å². The van der Waals surface area contributed by atoms with Crippen LogP contribution in [0, 0.1) is 0 Å². The van der Waals surface area contributed by atoms with Crippen LogP contribution in [-0.2, 0) is 4.74 Å². The van der Waals surface area contributed by atoms with E-state index in [4.69, 9.17) is 4.74 Å². The van der Waals surface area contributed by atoms with Crippen molar-refractivity contribution in [1.29, 1.82) is 0 Å². The first-order chi connectivity index (χ1) is 9.98. The lowest BCUT2D eigenvalue weighted by Gasteiger charge is -2.22. The van der Waals surface area contributed by atoms with Crippen LogP contribution in [-0.4, -0.2) is 26.6 Å². The minimum atomic E-state index is -4.68. The molecule has 1 aromatic carbocycles. The summed E-state index contributed by atoms with van der Waals surface area (Å²) < 4.78 is 46.6. The topological polar surface area (TPSA) is 30.5 Å². The number of rotatable bonds is 9. The molecule has 0 amide bonds. The molecular weight excluding hydrogens is 283 g/mol. The van der Waals surface area contributed by atoms with Crippen molar-refractivity contribution in [1.82, 2.24) is 5.32 Å². The molecule has 3 nitrogen and oxygen atoms in total. The predicted molar refractivity (Wildman–Crippen MR) is 75.3 cm³/mol. The van der Waals surface area contributed by atoms with Crippen LogP contribution in [0.4, 0.5) is 13.2 Å². The Morgan fingerprint density at radius 2 is 1.95 bits per heavy atom. The van der Waals surface area contributed by atoms with Crippen LogP contribution in [0.5, 0.6) is 5.75 Å². The van der Waals surface area contributed by atoms with Gasteiger partial charge in [-0.15, -0.1) is 13.2 Å². The van der Waals surface area contributed by atoms with E-state index in [1.165, 1.54) is 12.1 Å². The lowest BCUT2D eigenvalue weighted by Crippen LogP contribution is -2.25. The number of benzene rings is 1. The van der Waals surface area contributed by atoms with Gasteiger partial charge in [-0.3, -0.25) is 0 Å². The molecule has 0 spiro atoms. The summed E-state index contributed by atoms with van der Waals surface area (Å²) in [5.74, 6) is -0.143. The zero-order valence-corrected chi connectivity index (χ0v) is 12.4. The molecule has 1 atom stereocenters.